The van der Waals surface area contributed by atoms with Crippen molar-refractivity contribution in [2.75, 3.05) is 0 Å². The number of halogens is 1. The van der Waals surface area contributed by atoms with Gasteiger partial charge in [-0.1, -0.05) is 16.8 Å². The number of ketones is 2. The Morgan fingerprint density at radius 1 is 1.05 bits per heavy atom. The van der Waals surface area contributed by atoms with E-state index in [0.29, 0.717) is 10.6 Å². The number of aromatic nitrogens is 1. The molecule has 0 unspecified atom stereocenters. The molecule has 0 amide bonds. The molecule has 2 heterocycles. The maximum atomic E-state index is 12.4. The van der Waals surface area contributed by atoms with Crippen LogP contribution in [0.4, 0.5) is 0 Å². The summed E-state index contributed by atoms with van der Waals surface area (Å²) in [6.07, 6.45) is 2.51. The molecule has 0 radical (unpaired) electrons. The van der Waals surface area contributed by atoms with E-state index in [9.17, 15) is 9.59 Å². The molecule has 0 atom stereocenters. The normalized spacial score (nSPS) is 10.5. The van der Waals surface area contributed by atoms with Crippen LogP contribution in [0.3, 0.4) is 0 Å². The smallest absolute Gasteiger partial charge is 0.250 e. The van der Waals surface area contributed by atoms with E-state index in [2.05, 4.69) is 5.16 Å². The fraction of sp³-hybridized carbons (Fsp3) is 0. The summed E-state index contributed by atoms with van der Waals surface area (Å²) in [4.78, 5) is 24.6. The summed E-state index contributed by atoms with van der Waals surface area (Å²) in [6, 6.07) is 9.39. The van der Waals surface area contributed by atoms with Crippen molar-refractivity contribution in [1.29, 1.82) is 0 Å². The van der Waals surface area contributed by atoms with E-state index in [1.807, 2.05) is 0 Å². The summed E-state index contributed by atoms with van der Waals surface area (Å²) in [5.74, 6) is -0.789. The molecule has 6 heteroatoms. The first kappa shape index (κ1) is 13.3. The topological polar surface area (TPSA) is 73.3 Å². The largest absolute Gasteiger partial charge is 0.461 e. The molecule has 3 aromatic rings. The molecule has 0 aliphatic carbocycles. The van der Waals surface area contributed by atoms with E-state index < -0.39 is 5.78 Å². The third-order valence-electron chi connectivity index (χ3n) is 2.88. The first-order valence-electron chi connectivity index (χ1n) is 5.99. The van der Waals surface area contributed by atoms with Crippen molar-refractivity contribution in [3.8, 4) is 0 Å². The minimum atomic E-state index is -0.508. The van der Waals surface area contributed by atoms with Crippen molar-refractivity contribution < 1.29 is 18.5 Å². The third-order valence-corrected chi connectivity index (χ3v) is 3.13. The minimum absolute atomic E-state index is 0.0788. The summed E-state index contributed by atoms with van der Waals surface area (Å²) in [6.45, 7) is 0. The molecule has 5 nitrogen and oxygen atoms in total. The summed E-state index contributed by atoms with van der Waals surface area (Å²) in [5.41, 5.74) is 0.389. The van der Waals surface area contributed by atoms with Gasteiger partial charge >= 0.3 is 0 Å². The van der Waals surface area contributed by atoms with Gasteiger partial charge in [-0.25, -0.2) is 0 Å². The second-order valence-electron chi connectivity index (χ2n) is 4.22. The van der Waals surface area contributed by atoms with Crippen LogP contribution in [-0.2, 0) is 0 Å². The van der Waals surface area contributed by atoms with E-state index in [-0.39, 0.29) is 22.8 Å². The molecule has 0 saturated heterocycles. The van der Waals surface area contributed by atoms with Gasteiger partial charge in [0.15, 0.2) is 17.2 Å². The molecule has 2 aromatic heterocycles. The highest BCUT2D eigenvalue weighted by Crippen LogP contribution is 2.19. The molecule has 0 N–H and O–H groups in total. The first-order valence-corrected chi connectivity index (χ1v) is 6.37. The van der Waals surface area contributed by atoms with E-state index in [4.69, 9.17) is 20.5 Å². The van der Waals surface area contributed by atoms with Crippen molar-refractivity contribution in [3.05, 3.63) is 76.5 Å². The predicted octanol–water partition coefficient (Wildman–Crippen LogP) is 3.38. The minimum Gasteiger partial charge on any atom is -0.461 e. The number of rotatable bonds is 4. The predicted molar refractivity (Wildman–Crippen MR) is 73.5 cm³/mol. The summed E-state index contributed by atoms with van der Waals surface area (Å²) in [7, 11) is 0. The molecule has 0 saturated carbocycles. The van der Waals surface area contributed by atoms with Gasteiger partial charge in [0.25, 0.3) is 5.78 Å². The van der Waals surface area contributed by atoms with Crippen LogP contribution in [0.25, 0.3) is 0 Å². The summed E-state index contributed by atoms with van der Waals surface area (Å²) >= 11 is 5.78. The summed E-state index contributed by atoms with van der Waals surface area (Å²) in [5, 5.41) is 4.12. The monoisotopic (exact) mass is 301 g/mol. The molecule has 1 aromatic carbocycles. The zero-order valence-electron chi connectivity index (χ0n) is 10.6. The van der Waals surface area contributed by atoms with Gasteiger partial charge in [-0.2, -0.15) is 0 Å². The number of carbonyl (C=O) groups is 2. The average molecular weight is 302 g/mol. The van der Waals surface area contributed by atoms with Crippen LogP contribution in [0, 0.1) is 0 Å². The number of carbonyl (C=O) groups excluding carboxylic acids is 2. The lowest BCUT2D eigenvalue weighted by Gasteiger charge is -2.00. The zero-order valence-corrected chi connectivity index (χ0v) is 11.3. The van der Waals surface area contributed by atoms with E-state index >= 15 is 0 Å². The number of hydrogen-bond donors (Lipinski definition) is 0. The van der Waals surface area contributed by atoms with Crippen molar-refractivity contribution in [1.82, 2.24) is 5.16 Å². The molecule has 3 rings (SSSR count). The zero-order chi connectivity index (χ0) is 14.8. The van der Waals surface area contributed by atoms with Gasteiger partial charge in [-0.15, -0.1) is 0 Å². The van der Waals surface area contributed by atoms with Gasteiger partial charge < -0.3 is 8.94 Å². The van der Waals surface area contributed by atoms with Crippen molar-refractivity contribution in [2.45, 2.75) is 0 Å². The van der Waals surface area contributed by atoms with Gasteiger partial charge in [0.05, 0.1) is 11.8 Å². The van der Waals surface area contributed by atoms with Crippen LogP contribution in [0.1, 0.15) is 32.2 Å². The van der Waals surface area contributed by atoms with Crippen LogP contribution in [0.5, 0.6) is 0 Å². The second-order valence-corrected chi connectivity index (χ2v) is 4.66. The molecule has 0 aliphatic rings. The Bertz CT molecular complexity index is 787. The number of nitrogens with zero attached hydrogens (tertiary/aromatic N) is 1. The molecular weight excluding hydrogens is 294 g/mol. The number of hydrogen-bond acceptors (Lipinski definition) is 5. The molecule has 0 spiro atoms. The highest BCUT2D eigenvalue weighted by molar-refractivity contribution is 6.30. The lowest BCUT2D eigenvalue weighted by molar-refractivity contribution is 0.0983. The highest BCUT2D eigenvalue weighted by Gasteiger charge is 2.25. The second kappa shape index (κ2) is 5.38. The average Bonchev–Trinajstić information content (AvgIpc) is 3.18. The fourth-order valence-corrected chi connectivity index (χ4v) is 1.97. The Balaban J connectivity index is 1.97. The molecule has 0 aliphatic heterocycles. The standard InChI is InChI=1S/C15H8ClNO4/c16-10-5-3-9(4-6-10)14(18)11-8-21-17-13(11)15(19)12-2-1-7-20-12/h1-8H. The highest BCUT2D eigenvalue weighted by atomic mass is 35.5. The quantitative estimate of drug-likeness (QED) is 0.691. The SMILES string of the molecule is O=C(c1ccc(Cl)cc1)c1conc1C(=O)c1ccco1. The van der Waals surface area contributed by atoms with Gasteiger partial charge in [0, 0.05) is 10.6 Å². The Morgan fingerprint density at radius 2 is 1.81 bits per heavy atom. The lowest BCUT2D eigenvalue weighted by Crippen LogP contribution is -2.09. The van der Waals surface area contributed by atoms with Crippen LogP contribution in [0.15, 0.2) is 57.9 Å². The molecular formula is C15H8ClNO4. The van der Waals surface area contributed by atoms with E-state index in [1.165, 1.54) is 12.3 Å². The van der Waals surface area contributed by atoms with Crippen molar-refractivity contribution in [3.63, 3.8) is 0 Å². The maximum Gasteiger partial charge on any atom is 0.250 e. The first-order chi connectivity index (χ1) is 10.2. The lowest BCUT2D eigenvalue weighted by atomic mass is 10.0. The van der Waals surface area contributed by atoms with Crippen molar-refractivity contribution in [2.24, 2.45) is 0 Å². The maximum absolute atomic E-state index is 12.4. The van der Waals surface area contributed by atoms with Crippen LogP contribution < -0.4 is 0 Å². The van der Waals surface area contributed by atoms with Gasteiger partial charge in [-0.05, 0) is 36.4 Å². The molecule has 21 heavy (non-hydrogen) atoms. The Kier molecular flexibility index (Phi) is 3.41. The Hall–Kier alpha value is -2.66. The van der Waals surface area contributed by atoms with E-state index in [1.54, 1.807) is 30.3 Å². The Labute approximate surface area is 124 Å². The van der Waals surface area contributed by atoms with Gasteiger partial charge in [0.2, 0.25) is 0 Å². The van der Waals surface area contributed by atoms with Gasteiger partial charge in [0.1, 0.15) is 6.26 Å². The van der Waals surface area contributed by atoms with Gasteiger partial charge in [-0.3, -0.25) is 9.59 Å². The summed E-state index contributed by atoms with van der Waals surface area (Å²) < 4.78 is 9.79. The van der Waals surface area contributed by atoms with Crippen molar-refractivity contribution >= 4 is 23.2 Å². The van der Waals surface area contributed by atoms with Crippen LogP contribution in [-0.4, -0.2) is 16.7 Å². The molecule has 0 fully saturated rings. The Morgan fingerprint density at radius 3 is 2.48 bits per heavy atom. The van der Waals surface area contributed by atoms with Crippen LogP contribution in [0.2, 0.25) is 5.02 Å². The van der Waals surface area contributed by atoms with Crippen LogP contribution >= 0.6 is 11.6 Å². The van der Waals surface area contributed by atoms with E-state index in [0.717, 1.165) is 6.26 Å². The fourth-order valence-electron chi connectivity index (χ4n) is 1.84. The number of benzene rings is 1. The molecule has 0 bridgehead atoms. The molecule has 104 valence electrons. The number of furan rings is 1. The third kappa shape index (κ3) is 2.51.